The van der Waals surface area contributed by atoms with Crippen molar-refractivity contribution in [1.82, 2.24) is 15.8 Å². The lowest BCUT2D eigenvalue weighted by Gasteiger charge is -2.52. The smallest absolute Gasteiger partial charge is 0.315 e. The van der Waals surface area contributed by atoms with Crippen LogP contribution in [0.5, 0.6) is 0 Å². The van der Waals surface area contributed by atoms with Crippen LogP contribution in [-0.4, -0.2) is 30.3 Å². The van der Waals surface area contributed by atoms with Gasteiger partial charge in [-0.3, -0.25) is 0 Å². The van der Waals surface area contributed by atoms with Gasteiger partial charge in [-0.05, 0) is 50.2 Å². The number of carbonyl (C=O) groups excluding carboxylic acids is 1. The number of hydrogen-bond donors (Lipinski definition) is 2. The zero-order chi connectivity index (χ0) is 20.3. The minimum absolute atomic E-state index is 0.0360. The molecule has 1 aromatic carbocycles. The molecule has 28 heavy (non-hydrogen) atoms. The maximum atomic E-state index is 12.0. The first-order valence-corrected chi connectivity index (χ1v) is 10.0. The molecule has 1 aliphatic carbocycles. The van der Waals surface area contributed by atoms with Gasteiger partial charge in [0.1, 0.15) is 0 Å². The molecule has 1 heterocycles. The van der Waals surface area contributed by atoms with Gasteiger partial charge >= 0.3 is 6.03 Å². The molecule has 2 unspecified atom stereocenters. The van der Waals surface area contributed by atoms with Gasteiger partial charge in [0.25, 0.3) is 0 Å². The molecule has 0 saturated heterocycles. The number of urea groups is 1. The Kier molecular flexibility index (Phi) is 5.96. The number of amides is 2. The molecule has 0 aliphatic heterocycles. The predicted octanol–water partition coefficient (Wildman–Crippen LogP) is 3.98. The van der Waals surface area contributed by atoms with Crippen molar-refractivity contribution < 1.29 is 9.32 Å². The van der Waals surface area contributed by atoms with E-state index < -0.39 is 0 Å². The average molecular weight is 385 g/mol. The average Bonchev–Trinajstić information content (AvgIpc) is 3.08. The summed E-state index contributed by atoms with van der Waals surface area (Å²) < 4.78 is 5.56. The van der Waals surface area contributed by atoms with Gasteiger partial charge in [-0.2, -0.15) is 0 Å². The van der Waals surface area contributed by atoms with Crippen molar-refractivity contribution in [3.63, 3.8) is 0 Å². The highest BCUT2D eigenvalue weighted by atomic mass is 16.5. The van der Waals surface area contributed by atoms with E-state index in [0.717, 1.165) is 30.0 Å². The van der Waals surface area contributed by atoms with Gasteiger partial charge in [-0.1, -0.05) is 37.2 Å². The Bertz CT molecular complexity index is 785. The number of benzene rings is 1. The maximum Gasteiger partial charge on any atom is 0.315 e. The van der Waals surface area contributed by atoms with Crippen molar-refractivity contribution in [3.05, 3.63) is 47.9 Å². The van der Waals surface area contributed by atoms with Gasteiger partial charge in [-0.15, -0.1) is 0 Å². The molecular weight excluding hydrogens is 352 g/mol. The van der Waals surface area contributed by atoms with E-state index in [2.05, 4.69) is 52.7 Å². The molecule has 6 heteroatoms. The van der Waals surface area contributed by atoms with E-state index in [1.807, 2.05) is 39.1 Å². The summed E-state index contributed by atoms with van der Waals surface area (Å²) >= 11 is 0. The van der Waals surface area contributed by atoms with Gasteiger partial charge in [0, 0.05) is 30.9 Å². The highest BCUT2D eigenvalue weighted by Crippen LogP contribution is 2.47. The number of rotatable bonds is 7. The van der Waals surface area contributed by atoms with Crippen LogP contribution in [0.4, 0.5) is 10.5 Å². The van der Waals surface area contributed by atoms with Crippen LogP contribution in [0.25, 0.3) is 0 Å². The van der Waals surface area contributed by atoms with Crippen LogP contribution >= 0.6 is 0 Å². The predicted molar refractivity (Wildman–Crippen MR) is 111 cm³/mol. The van der Waals surface area contributed by atoms with Crippen molar-refractivity contribution in [1.29, 1.82) is 0 Å². The van der Waals surface area contributed by atoms with Crippen molar-refractivity contribution in [2.75, 3.05) is 11.9 Å². The maximum absolute atomic E-state index is 12.0. The van der Waals surface area contributed by atoms with E-state index in [1.165, 1.54) is 0 Å². The number of nitrogens with one attached hydrogen (secondary N) is 2. The Balaban J connectivity index is 1.52. The highest BCUT2D eigenvalue weighted by Gasteiger charge is 2.48. The molecule has 2 aromatic rings. The fourth-order valence-electron chi connectivity index (χ4n) is 3.86. The third kappa shape index (κ3) is 4.66. The van der Waals surface area contributed by atoms with Gasteiger partial charge in [0.15, 0.2) is 5.76 Å². The molecule has 152 valence electrons. The zero-order valence-electron chi connectivity index (χ0n) is 17.5. The lowest BCUT2D eigenvalue weighted by atomic mass is 9.57. The molecule has 1 saturated carbocycles. The van der Waals surface area contributed by atoms with Crippen LogP contribution in [0.15, 0.2) is 40.9 Å². The Morgan fingerprint density at radius 1 is 1.32 bits per heavy atom. The molecule has 0 bridgehead atoms. The minimum Gasteiger partial charge on any atom is -0.367 e. The van der Waals surface area contributed by atoms with Crippen LogP contribution in [-0.2, 0) is 13.0 Å². The van der Waals surface area contributed by atoms with Crippen molar-refractivity contribution in [2.24, 2.45) is 11.3 Å². The number of nitrogens with zero attached hydrogens (tertiary/aromatic N) is 2. The summed E-state index contributed by atoms with van der Waals surface area (Å²) in [6.45, 7) is 9.04. The Labute approximate surface area is 167 Å². The molecule has 6 nitrogen and oxygen atoms in total. The fourth-order valence-corrected chi connectivity index (χ4v) is 3.86. The monoisotopic (exact) mass is 384 g/mol. The minimum atomic E-state index is -0.0841. The largest absolute Gasteiger partial charge is 0.367 e. The second kappa shape index (κ2) is 8.25. The first-order valence-electron chi connectivity index (χ1n) is 10.0. The third-order valence-electron chi connectivity index (χ3n) is 5.85. The Morgan fingerprint density at radius 3 is 2.68 bits per heavy atom. The van der Waals surface area contributed by atoms with E-state index >= 15 is 0 Å². The molecule has 3 rings (SSSR count). The molecule has 1 aromatic heterocycles. The van der Waals surface area contributed by atoms with Crippen molar-refractivity contribution in [2.45, 2.75) is 59.2 Å². The Morgan fingerprint density at radius 2 is 2.04 bits per heavy atom. The third-order valence-corrected chi connectivity index (χ3v) is 5.85. The van der Waals surface area contributed by atoms with Gasteiger partial charge in [-0.25, -0.2) is 4.79 Å². The van der Waals surface area contributed by atoms with Crippen LogP contribution in [0.1, 0.15) is 45.6 Å². The number of hydrogen-bond acceptors (Lipinski definition) is 4. The second-order valence-corrected chi connectivity index (χ2v) is 8.76. The molecule has 1 fully saturated rings. The number of carbonyl (C=O) groups is 1. The number of aromatic nitrogens is 1. The molecular formula is C22H32N4O2. The summed E-state index contributed by atoms with van der Waals surface area (Å²) in [5, 5.41) is 10.3. The van der Waals surface area contributed by atoms with Crippen molar-refractivity contribution in [3.8, 4) is 0 Å². The van der Waals surface area contributed by atoms with E-state index in [9.17, 15) is 4.79 Å². The lowest BCUT2D eigenvalue weighted by Crippen LogP contribution is -2.60. The van der Waals surface area contributed by atoms with Crippen molar-refractivity contribution >= 4 is 11.7 Å². The van der Waals surface area contributed by atoms with E-state index in [-0.39, 0.29) is 23.5 Å². The molecule has 0 spiro atoms. The second-order valence-electron chi connectivity index (χ2n) is 8.76. The molecule has 2 atom stereocenters. The van der Waals surface area contributed by atoms with Crippen LogP contribution in [0.2, 0.25) is 0 Å². The first kappa shape index (κ1) is 20.2. The summed E-state index contributed by atoms with van der Waals surface area (Å²) in [6, 6.07) is 12.5. The SMILES string of the molecule is CC(C)NC(=O)NC1CC(Cc2cc(CN(C)c3ccccc3)on2)C1(C)C. The van der Waals surface area contributed by atoms with E-state index in [4.69, 9.17) is 4.52 Å². The van der Waals surface area contributed by atoms with Crippen LogP contribution in [0.3, 0.4) is 0 Å². The molecule has 0 radical (unpaired) electrons. The summed E-state index contributed by atoms with van der Waals surface area (Å²) in [5.41, 5.74) is 2.17. The standard InChI is InChI=1S/C22H32N4O2/c1-15(2)23-21(27)24-20-12-16(22(20,3)4)11-17-13-19(28-25-17)14-26(5)18-9-7-6-8-10-18/h6-10,13,15-16,20H,11-12,14H2,1-5H3,(H2,23,24,27). The summed E-state index contributed by atoms with van der Waals surface area (Å²) in [6.07, 6.45) is 1.83. The Hall–Kier alpha value is -2.50. The summed E-state index contributed by atoms with van der Waals surface area (Å²) in [7, 11) is 2.05. The molecule has 2 N–H and O–H groups in total. The van der Waals surface area contributed by atoms with E-state index in [1.54, 1.807) is 0 Å². The van der Waals surface area contributed by atoms with Crippen LogP contribution < -0.4 is 15.5 Å². The zero-order valence-corrected chi connectivity index (χ0v) is 17.5. The molecule has 2 amide bonds. The fraction of sp³-hybridized carbons (Fsp3) is 0.545. The normalized spacial score (nSPS) is 20.5. The van der Waals surface area contributed by atoms with E-state index in [0.29, 0.717) is 12.5 Å². The first-order chi connectivity index (χ1) is 13.3. The summed E-state index contributed by atoms with van der Waals surface area (Å²) in [4.78, 5) is 14.1. The number of para-hydroxylation sites is 1. The topological polar surface area (TPSA) is 70.4 Å². The lowest BCUT2D eigenvalue weighted by molar-refractivity contribution is 0.0199. The number of anilines is 1. The summed E-state index contributed by atoms with van der Waals surface area (Å²) in [5.74, 6) is 1.34. The highest BCUT2D eigenvalue weighted by molar-refractivity contribution is 5.74. The van der Waals surface area contributed by atoms with Gasteiger partial charge < -0.3 is 20.1 Å². The van der Waals surface area contributed by atoms with Gasteiger partial charge in [0.2, 0.25) is 0 Å². The molecule has 1 aliphatic rings. The quantitative estimate of drug-likeness (QED) is 0.758. The van der Waals surface area contributed by atoms with Gasteiger partial charge in [0.05, 0.1) is 12.2 Å². The van der Waals surface area contributed by atoms with Crippen LogP contribution in [0, 0.1) is 11.3 Å².